The maximum atomic E-state index is 11.2. The third-order valence-corrected chi connectivity index (χ3v) is 1.67. The van der Waals surface area contributed by atoms with Gasteiger partial charge in [-0.05, 0) is 0 Å². The Bertz CT molecular complexity index is 339. The molecule has 0 aliphatic rings. The topological polar surface area (TPSA) is 130 Å². The van der Waals surface area contributed by atoms with E-state index in [-0.39, 0.29) is 18.8 Å². The van der Waals surface area contributed by atoms with Crippen LogP contribution in [0, 0.1) is 12.3 Å². The van der Waals surface area contributed by atoms with Gasteiger partial charge in [0.1, 0.15) is 6.04 Å². The summed E-state index contributed by atoms with van der Waals surface area (Å²) in [6, 6.07) is -2.55. The summed E-state index contributed by atoms with van der Waals surface area (Å²) in [7, 11) is 0. The molecule has 0 radical (unpaired) electrons. The zero-order chi connectivity index (χ0) is 12.7. The van der Waals surface area contributed by atoms with Gasteiger partial charge in [0.2, 0.25) is 5.91 Å². The number of nitrogens with one attached hydrogen (secondary N) is 1. The van der Waals surface area contributed by atoms with Crippen molar-refractivity contribution in [3.05, 3.63) is 0 Å². The molecule has 5 N–H and O–H groups in total. The van der Waals surface area contributed by atoms with Gasteiger partial charge in [0.15, 0.2) is 0 Å². The molecule has 0 fully saturated rings. The lowest BCUT2D eigenvalue weighted by molar-refractivity contribution is -0.142. The quantitative estimate of drug-likeness (QED) is 0.446. The Morgan fingerprint density at radius 2 is 1.88 bits per heavy atom. The number of carboxylic acid groups (broad SMARTS) is 2. The van der Waals surface area contributed by atoms with Crippen LogP contribution in [-0.4, -0.2) is 40.1 Å². The molecule has 8 heteroatoms. The Morgan fingerprint density at radius 1 is 1.35 bits per heavy atom. The van der Waals surface area contributed by atoms with Gasteiger partial charge < -0.3 is 21.3 Å². The summed E-state index contributed by atoms with van der Waals surface area (Å²) < 4.78 is 0. The SMILES string of the molecule is C#CC[C@H](NC(=O)[C@@H](N)CC(=O)O)C(=O)O.Cl. The molecule has 0 aromatic heterocycles. The van der Waals surface area contributed by atoms with Crippen molar-refractivity contribution in [2.45, 2.75) is 24.9 Å². The number of nitrogens with two attached hydrogens (primary N) is 1. The Hall–Kier alpha value is -1.78. The predicted molar refractivity (Wildman–Crippen MR) is 60.5 cm³/mol. The predicted octanol–water partition coefficient (Wildman–Crippen LogP) is -1.20. The molecule has 2 atom stereocenters. The number of hydrogen-bond acceptors (Lipinski definition) is 4. The van der Waals surface area contributed by atoms with Crippen molar-refractivity contribution in [3.63, 3.8) is 0 Å². The van der Waals surface area contributed by atoms with Gasteiger partial charge in [-0.1, -0.05) is 0 Å². The molecular weight excluding hydrogens is 252 g/mol. The fourth-order valence-electron chi connectivity index (χ4n) is 0.878. The summed E-state index contributed by atoms with van der Waals surface area (Å²) in [4.78, 5) is 32.1. The van der Waals surface area contributed by atoms with Crippen LogP contribution >= 0.6 is 12.4 Å². The van der Waals surface area contributed by atoms with Crippen LogP contribution in [0.3, 0.4) is 0 Å². The van der Waals surface area contributed by atoms with Crippen molar-refractivity contribution < 1.29 is 24.6 Å². The lowest BCUT2D eigenvalue weighted by Crippen LogP contribution is -2.48. The van der Waals surface area contributed by atoms with E-state index in [4.69, 9.17) is 22.4 Å². The monoisotopic (exact) mass is 264 g/mol. The lowest BCUT2D eigenvalue weighted by atomic mass is 10.1. The average molecular weight is 265 g/mol. The van der Waals surface area contributed by atoms with E-state index in [1.807, 2.05) is 0 Å². The summed E-state index contributed by atoms with van der Waals surface area (Å²) in [6.07, 6.45) is 4.14. The highest BCUT2D eigenvalue weighted by molar-refractivity contribution is 5.89. The molecule has 0 aromatic rings. The van der Waals surface area contributed by atoms with Crippen LogP contribution in [0.15, 0.2) is 0 Å². The molecule has 96 valence electrons. The fourth-order valence-corrected chi connectivity index (χ4v) is 0.878. The minimum absolute atomic E-state index is 0. The third-order valence-electron chi connectivity index (χ3n) is 1.67. The lowest BCUT2D eigenvalue weighted by Gasteiger charge is -2.14. The first-order chi connectivity index (χ1) is 7.38. The normalized spacial score (nSPS) is 12.5. The molecule has 0 rings (SSSR count). The Morgan fingerprint density at radius 3 is 2.24 bits per heavy atom. The minimum Gasteiger partial charge on any atom is -0.481 e. The number of amides is 1. The van der Waals surface area contributed by atoms with Crippen LogP contribution in [0.25, 0.3) is 0 Å². The van der Waals surface area contributed by atoms with Crippen LogP contribution in [-0.2, 0) is 14.4 Å². The van der Waals surface area contributed by atoms with E-state index in [1.54, 1.807) is 0 Å². The summed E-state index contributed by atoms with van der Waals surface area (Å²) in [5.74, 6) is -1.32. The highest BCUT2D eigenvalue weighted by Gasteiger charge is 2.23. The van der Waals surface area contributed by atoms with Crippen molar-refractivity contribution in [1.29, 1.82) is 0 Å². The van der Waals surface area contributed by atoms with Crippen molar-refractivity contribution in [1.82, 2.24) is 5.32 Å². The Kier molecular flexibility index (Phi) is 8.68. The standard InChI is InChI=1S/C9H12N2O5.ClH/c1-2-3-6(9(15)16)11-8(14)5(10)4-7(12)13;/h1,5-6H,3-4,10H2,(H,11,14)(H,12,13)(H,15,16);1H/t5-,6-;/m0./s1. The molecule has 0 bridgehead atoms. The van der Waals surface area contributed by atoms with Crippen LogP contribution in [0.2, 0.25) is 0 Å². The number of terminal acetylenes is 1. The number of aliphatic carboxylic acids is 2. The Labute approximate surface area is 104 Å². The molecule has 0 unspecified atom stereocenters. The van der Waals surface area contributed by atoms with Crippen LogP contribution in [0.5, 0.6) is 0 Å². The first-order valence-corrected chi connectivity index (χ1v) is 4.32. The third kappa shape index (κ3) is 7.16. The van der Waals surface area contributed by atoms with Crippen molar-refractivity contribution >= 4 is 30.3 Å². The van der Waals surface area contributed by atoms with E-state index in [1.165, 1.54) is 0 Å². The first kappa shape index (κ1) is 17.6. The average Bonchev–Trinajstić information content (AvgIpc) is 2.15. The second kappa shape index (κ2) is 8.38. The van der Waals surface area contributed by atoms with Crippen molar-refractivity contribution in [2.24, 2.45) is 5.73 Å². The van der Waals surface area contributed by atoms with Gasteiger partial charge in [0.05, 0.1) is 12.5 Å². The molecule has 0 aliphatic carbocycles. The van der Waals surface area contributed by atoms with E-state index < -0.39 is 36.4 Å². The van der Waals surface area contributed by atoms with Crippen LogP contribution < -0.4 is 11.1 Å². The minimum atomic E-state index is -1.30. The maximum Gasteiger partial charge on any atom is 0.327 e. The van der Waals surface area contributed by atoms with Crippen molar-refractivity contribution in [3.8, 4) is 12.3 Å². The van der Waals surface area contributed by atoms with E-state index in [2.05, 4.69) is 11.2 Å². The number of carboxylic acids is 2. The van der Waals surface area contributed by atoms with Gasteiger partial charge in [-0.25, -0.2) is 4.79 Å². The number of rotatable bonds is 6. The summed E-state index contributed by atoms with van der Waals surface area (Å²) in [6.45, 7) is 0. The number of carbonyl (C=O) groups excluding carboxylic acids is 1. The zero-order valence-corrected chi connectivity index (χ0v) is 9.57. The van der Waals surface area contributed by atoms with Crippen LogP contribution in [0.1, 0.15) is 12.8 Å². The molecule has 7 nitrogen and oxygen atoms in total. The molecule has 0 aromatic carbocycles. The van der Waals surface area contributed by atoms with Crippen LogP contribution in [0.4, 0.5) is 0 Å². The van der Waals surface area contributed by atoms with Gasteiger partial charge in [-0.2, -0.15) is 0 Å². The second-order valence-electron chi connectivity index (χ2n) is 3.01. The van der Waals surface area contributed by atoms with Gasteiger partial charge in [-0.15, -0.1) is 24.8 Å². The number of carbonyl (C=O) groups is 3. The highest BCUT2D eigenvalue weighted by atomic mass is 35.5. The van der Waals surface area contributed by atoms with Crippen molar-refractivity contribution in [2.75, 3.05) is 0 Å². The van der Waals surface area contributed by atoms with E-state index >= 15 is 0 Å². The second-order valence-corrected chi connectivity index (χ2v) is 3.01. The van der Waals surface area contributed by atoms with E-state index in [9.17, 15) is 14.4 Å². The van der Waals surface area contributed by atoms with E-state index in [0.29, 0.717) is 0 Å². The van der Waals surface area contributed by atoms with Gasteiger partial charge in [0.25, 0.3) is 0 Å². The molecule has 0 saturated carbocycles. The summed E-state index contributed by atoms with van der Waals surface area (Å²) in [5, 5.41) is 19.1. The molecule has 0 aliphatic heterocycles. The summed E-state index contributed by atoms with van der Waals surface area (Å²) in [5.41, 5.74) is 5.23. The van der Waals surface area contributed by atoms with Gasteiger partial charge >= 0.3 is 11.9 Å². The number of halogens is 1. The molecule has 17 heavy (non-hydrogen) atoms. The molecule has 0 saturated heterocycles. The fraction of sp³-hybridized carbons (Fsp3) is 0.444. The Balaban J connectivity index is 0. The van der Waals surface area contributed by atoms with E-state index in [0.717, 1.165) is 0 Å². The molecule has 0 spiro atoms. The molecular formula is C9H13ClN2O5. The largest absolute Gasteiger partial charge is 0.481 e. The van der Waals surface area contributed by atoms with Gasteiger partial charge in [0, 0.05) is 6.42 Å². The van der Waals surface area contributed by atoms with Gasteiger partial charge in [-0.3, -0.25) is 9.59 Å². The molecule has 1 amide bonds. The first-order valence-electron chi connectivity index (χ1n) is 4.32. The number of hydrogen-bond donors (Lipinski definition) is 4. The molecule has 0 heterocycles. The maximum absolute atomic E-state index is 11.2. The smallest absolute Gasteiger partial charge is 0.327 e. The zero-order valence-electron chi connectivity index (χ0n) is 8.75. The summed E-state index contributed by atoms with van der Waals surface area (Å²) >= 11 is 0. The highest BCUT2D eigenvalue weighted by Crippen LogP contribution is 1.94.